The molecule has 0 aromatic carbocycles. The van der Waals surface area contributed by atoms with Gasteiger partial charge < -0.3 is 20.6 Å². The Hall–Kier alpha value is -1.67. The van der Waals surface area contributed by atoms with E-state index in [1.807, 2.05) is 6.92 Å². The Bertz CT molecular complexity index is 332. The van der Waals surface area contributed by atoms with Crippen LogP contribution in [0.4, 0.5) is 0 Å². The molecule has 0 aliphatic rings. The Morgan fingerprint density at radius 2 is 1.57 bits per heavy atom. The number of nitrogens with zero attached hydrogens (tertiary/aromatic N) is 1. The molecular weight excluding hydrogens is 280 g/mol. The van der Waals surface area contributed by atoms with Crippen molar-refractivity contribution in [3.05, 3.63) is 0 Å². The second-order valence-corrected chi connectivity index (χ2v) is 4.87. The number of aliphatic carboxylic acids is 3. The van der Waals surface area contributed by atoms with Crippen LogP contribution in [0, 0.1) is 0 Å². The zero-order chi connectivity index (χ0) is 16.3. The van der Waals surface area contributed by atoms with Crippen molar-refractivity contribution >= 4 is 17.9 Å². The summed E-state index contributed by atoms with van der Waals surface area (Å²) in [6, 6.07) is -0.317. The zero-order valence-electron chi connectivity index (χ0n) is 12.2. The summed E-state index contributed by atoms with van der Waals surface area (Å²) in [6.07, 6.45) is 3.42. The normalized spacial score (nSPS) is 12.3. The van der Waals surface area contributed by atoms with Gasteiger partial charge in [-0.25, -0.2) is 0 Å². The molecule has 0 fully saturated rings. The molecule has 0 aliphatic carbocycles. The molecule has 122 valence electrons. The molecule has 0 bridgehead atoms. The van der Waals surface area contributed by atoms with Gasteiger partial charge in [0.1, 0.15) is 0 Å². The smallest absolute Gasteiger partial charge is 0.317 e. The van der Waals surface area contributed by atoms with Gasteiger partial charge in [0.25, 0.3) is 0 Å². The Kier molecular flexibility index (Phi) is 10.2. The van der Waals surface area contributed by atoms with Gasteiger partial charge in [0, 0.05) is 12.6 Å². The fourth-order valence-corrected chi connectivity index (χ4v) is 2.05. The number of rotatable bonds is 13. The number of carboxylic acid groups (broad SMARTS) is 3. The molecule has 8 nitrogen and oxygen atoms in total. The number of hydrogen-bond acceptors (Lipinski definition) is 5. The second kappa shape index (κ2) is 11.0. The van der Waals surface area contributed by atoms with E-state index >= 15 is 0 Å². The van der Waals surface area contributed by atoms with Crippen LogP contribution in [-0.2, 0) is 14.4 Å². The molecule has 0 aromatic rings. The van der Waals surface area contributed by atoms with Crippen molar-refractivity contribution in [1.29, 1.82) is 0 Å². The third-order valence-electron chi connectivity index (χ3n) is 2.99. The first-order chi connectivity index (χ1) is 9.86. The van der Waals surface area contributed by atoms with Crippen LogP contribution in [0.1, 0.15) is 32.6 Å². The summed E-state index contributed by atoms with van der Waals surface area (Å²) in [5.74, 6) is -3.21. The molecule has 4 N–H and O–H groups in total. The molecule has 0 radical (unpaired) electrons. The van der Waals surface area contributed by atoms with E-state index in [4.69, 9.17) is 15.3 Å². The predicted molar refractivity (Wildman–Crippen MR) is 75.3 cm³/mol. The van der Waals surface area contributed by atoms with Crippen molar-refractivity contribution in [2.24, 2.45) is 0 Å². The summed E-state index contributed by atoms with van der Waals surface area (Å²) in [4.78, 5) is 33.6. The molecule has 1 atom stereocenters. The fourth-order valence-electron chi connectivity index (χ4n) is 2.05. The number of carboxylic acids is 3. The molecule has 21 heavy (non-hydrogen) atoms. The maximum atomic E-state index is 10.9. The summed E-state index contributed by atoms with van der Waals surface area (Å²) in [7, 11) is 0. The van der Waals surface area contributed by atoms with Crippen LogP contribution in [0.25, 0.3) is 0 Å². The summed E-state index contributed by atoms with van der Waals surface area (Å²) in [5, 5.41) is 29.1. The largest absolute Gasteiger partial charge is 0.480 e. The standard InChI is InChI=1S/C13H24N2O6/c1-2-3-4-5-10(6-14-7-11(16)17)15(8-12(18)19)9-13(20)21/h10,14H,2-9H2,1H3,(H,16,17)(H,18,19)(H,20,21). The van der Waals surface area contributed by atoms with Crippen molar-refractivity contribution in [1.82, 2.24) is 10.2 Å². The van der Waals surface area contributed by atoms with E-state index in [0.29, 0.717) is 6.42 Å². The topological polar surface area (TPSA) is 127 Å². The van der Waals surface area contributed by atoms with Crippen molar-refractivity contribution in [3.8, 4) is 0 Å². The van der Waals surface area contributed by atoms with Gasteiger partial charge in [-0.2, -0.15) is 0 Å². The van der Waals surface area contributed by atoms with Crippen LogP contribution in [0.3, 0.4) is 0 Å². The van der Waals surface area contributed by atoms with E-state index in [1.165, 1.54) is 4.90 Å². The molecule has 0 heterocycles. The first-order valence-corrected chi connectivity index (χ1v) is 6.97. The SMILES string of the molecule is CCCCCC(CNCC(=O)O)N(CC(=O)O)CC(=O)O. The van der Waals surface area contributed by atoms with Crippen LogP contribution >= 0.6 is 0 Å². The van der Waals surface area contributed by atoms with Crippen molar-refractivity contribution in [2.45, 2.75) is 38.6 Å². The summed E-state index contributed by atoms with van der Waals surface area (Å²) in [5.41, 5.74) is 0. The average molecular weight is 304 g/mol. The van der Waals surface area contributed by atoms with Gasteiger partial charge in [-0.15, -0.1) is 0 Å². The quantitative estimate of drug-likeness (QED) is 0.352. The van der Waals surface area contributed by atoms with Gasteiger partial charge in [-0.05, 0) is 6.42 Å². The van der Waals surface area contributed by atoms with Crippen molar-refractivity contribution in [2.75, 3.05) is 26.2 Å². The van der Waals surface area contributed by atoms with Crippen LogP contribution in [-0.4, -0.2) is 70.3 Å². The molecule has 0 aliphatic heterocycles. The molecule has 0 saturated carbocycles. The van der Waals surface area contributed by atoms with Gasteiger partial charge in [-0.3, -0.25) is 19.3 Å². The van der Waals surface area contributed by atoms with E-state index < -0.39 is 17.9 Å². The second-order valence-electron chi connectivity index (χ2n) is 4.87. The summed E-state index contributed by atoms with van der Waals surface area (Å²) >= 11 is 0. The number of unbranched alkanes of at least 4 members (excludes halogenated alkanes) is 2. The highest BCUT2D eigenvalue weighted by Gasteiger charge is 2.22. The third kappa shape index (κ3) is 10.7. The maximum absolute atomic E-state index is 10.9. The van der Waals surface area contributed by atoms with Gasteiger partial charge >= 0.3 is 17.9 Å². The van der Waals surface area contributed by atoms with E-state index in [-0.39, 0.29) is 32.2 Å². The molecule has 8 heteroatoms. The number of carbonyl (C=O) groups is 3. The summed E-state index contributed by atoms with van der Waals surface area (Å²) < 4.78 is 0. The monoisotopic (exact) mass is 304 g/mol. The Balaban J connectivity index is 4.66. The third-order valence-corrected chi connectivity index (χ3v) is 2.99. The van der Waals surface area contributed by atoms with Crippen molar-refractivity contribution < 1.29 is 29.7 Å². The van der Waals surface area contributed by atoms with Crippen LogP contribution < -0.4 is 5.32 Å². The van der Waals surface area contributed by atoms with Crippen LogP contribution in [0.5, 0.6) is 0 Å². The zero-order valence-corrected chi connectivity index (χ0v) is 12.2. The molecule has 0 saturated heterocycles. The van der Waals surface area contributed by atoms with Gasteiger partial charge in [0.05, 0.1) is 19.6 Å². The molecule has 0 amide bonds. The maximum Gasteiger partial charge on any atom is 0.317 e. The van der Waals surface area contributed by atoms with Crippen molar-refractivity contribution in [3.63, 3.8) is 0 Å². The minimum atomic E-state index is -1.10. The van der Waals surface area contributed by atoms with Gasteiger partial charge in [0.15, 0.2) is 0 Å². The number of nitrogens with one attached hydrogen (secondary N) is 1. The highest BCUT2D eigenvalue weighted by Crippen LogP contribution is 2.10. The van der Waals surface area contributed by atoms with E-state index in [9.17, 15) is 14.4 Å². The molecular formula is C13H24N2O6. The minimum absolute atomic E-state index is 0.238. The number of hydrogen-bond donors (Lipinski definition) is 4. The lowest BCUT2D eigenvalue weighted by Gasteiger charge is -2.29. The molecule has 0 spiro atoms. The Morgan fingerprint density at radius 3 is 2.00 bits per heavy atom. The first-order valence-electron chi connectivity index (χ1n) is 6.97. The van der Waals surface area contributed by atoms with Crippen LogP contribution in [0.15, 0.2) is 0 Å². The molecule has 0 rings (SSSR count). The highest BCUT2D eigenvalue weighted by molar-refractivity contribution is 5.72. The first kappa shape index (κ1) is 19.3. The molecule has 1 unspecified atom stereocenters. The van der Waals surface area contributed by atoms with Gasteiger partial charge in [0.2, 0.25) is 0 Å². The average Bonchev–Trinajstić information content (AvgIpc) is 2.34. The summed E-state index contributed by atoms with van der Waals surface area (Å²) in [6.45, 7) is 1.29. The fraction of sp³-hybridized carbons (Fsp3) is 0.769. The minimum Gasteiger partial charge on any atom is -0.480 e. The lowest BCUT2D eigenvalue weighted by molar-refractivity contribution is -0.143. The van der Waals surface area contributed by atoms with E-state index in [0.717, 1.165) is 19.3 Å². The highest BCUT2D eigenvalue weighted by atomic mass is 16.4. The van der Waals surface area contributed by atoms with E-state index in [1.54, 1.807) is 0 Å². The lowest BCUT2D eigenvalue weighted by Crippen LogP contribution is -2.47. The van der Waals surface area contributed by atoms with Gasteiger partial charge in [-0.1, -0.05) is 26.2 Å². The van der Waals surface area contributed by atoms with Crippen LogP contribution in [0.2, 0.25) is 0 Å². The predicted octanol–water partition coefficient (Wildman–Crippen LogP) is 0.0807. The lowest BCUT2D eigenvalue weighted by atomic mass is 10.1. The Labute approximate surface area is 123 Å². The Morgan fingerprint density at radius 1 is 1.00 bits per heavy atom. The van der Waals surface area contributed by atoms with E-state index in [2.05, 4.69) is 5.32 Å². The molecule has 0 aromatic heterocycles.